The van der Waals surface area contributed by atoms with Crippen LogP contribution in [0.4, 0.5) is 0 Å². The van der Waals surface area contributed by atoms with E-state index in [2.05, 4.69) is 29.8 Å². The van der Waals surface area contributed by atoms with E-state index in [0.717, 1.165) is 25.9 Å². The van der Waals surface area contributed by atoms with Gasteiger partial charge < -0.3 is 35.5 Å². The van der Waals surface area contributed by atoms with Gasteiger partial charge in [0.05, 0.1) is 30.6 Å². The minimum absolute atomic E-state index is 0.0000768. The van der Waals surface area contributed by atoms with Crippen molar-refractivity contribution in [3.05, 3.63) is 29.3 Å². The molecule has 10 heteroatoms. The Kier molecular flexibility index (Phi) is 8.31. The Morgan fingerprint density at radius 3 is 2.74 bits per heavy atom. The van der Waals surface area contributed by atoms with Gasteiger partial charge in [0, 0.05) is 25.2 Å². The van der Waals surface area contributed by atoms with E-state index in [1.54, 1.807) is 12.1 Å². The second-order valence-electron chi connectivity index (χ2n) is 8.48. The lowest BCUT2D eigenvalue weighted by atomic mass is 9.72. The van der Waals surface area contributed by atoms with Crippen LogP contribution in [0.3, 0.4) is 0 Å². The molecule has 2 unspecified atom stereocenters. The van der Waals surface area contributed by atoms with Crippen LogP contribution in [0.5, 0.6) is 5.75 Å². The quantitative estimate of drug-likeness (QED) is 0.279. The van der Waals surface area contributed by atoms with Crippen molar-refractivity contribution >= 4 is 19.0 Å². The van der Waals surface area contributed by atoms with Crippen molar-refractivity contribution < 1.29 is 29.1 Å². The highest BCUT2D eigenvalue weighted by Gasteiger charge is 2.38. The molecule has 5 N–H and O–H groups in total. The van der Waals surface area contributed by atoms with Crippen LogP contribution < -0.4 is 20.6 Å². The molecule has 1 aromatic carbocycles. The first-order valence-corrected chi connectivity index (χ1v) is 10.9. The van der Waals surface area contributed by atoms with Crippen molar-refractivity contribution in [1.82, 2.24) is 16.0 Å². The summed E-state index contributed by atoms with van der Waals surface area (Å²) in [5, 5.41) is 29.2. The first kappa shape index (κ1) is 23.5. The molecule has 0 aliphatic carbocycles. The second-order valence-corrected chi connectivity index (χ2v) is 8.48. The number of carboxylic acids is 1. The predicted molar refractivity (Wildman–Crippen MR) is 116 cm³/mol. The highest BCUT2D eigenvalue weighted by molar-refractivity contribution is 6.47. The number of carbonyl (C=O) groups excluding carboxylic acids is 1. The zero-order chi connectivity index (χ0) is 22.4. The smallest absolute Gasteiger partial charge is 0.534 e. The van der Waals surface area contributed by atoms with Crippen LogP contribution >= 0.6 is 0 Å². The molecule has 9 nitrogen and oxygen atoms in total. The molecule has 0 aromatic heterocycles. The monoisotopic (exact) mass is 433 g/mol. The first-order valence-electron chi connectivity index (χ1n) is 10.9. The van der Waals surface area contributed by atoms with Gasteiger partial charge >= 0.3 is 13.1 Å². The maximum atomic E-state index is 12.5. The van der Waals surface area contributed by atoms with Gasteiger partial charge in [0.1, 0.15) is 5.75 Å². The molecule has 31 heavy (non-hydrogen) atoms. The summed E-state index contributed by atoms with van der Waals surface area (Å²) in [4.78, 5) is 23.8. The Morgan fingerprint density at radius 1 is 1.26 bits per heavy atom. The van der Waals surface area contributed by atoms with Crippen LogP contribution in [0.15, 0.2) is 18.2 Å². The largest absolute Gasteiger partial charge is 0.547 e. The number of carbonyl (C=O) groups is 2. The lowest BCUT2D eigenvalue weighted by Crippen LogP contribution is -2.53. The fourth-order valence-corrected chi connectivity index (χ4v) is 3.95. The van der Waals surface area contributed by atoms with Gasteiger partial charge in [0.15, 0.2) is 0 Å². The Morgan fingerprint density at radius 2 is 2.06 bits per heavy atom. The summed E-state index contributed by atoms with van der Waals surface area (Å²) in [5.74, 6) is -1.82. The highest BCUT2D eigenvalue weighted by Crippen LogP contribution is 2.30. The molecule has 3 rings (SSSR count). The van der Waals surface area contributed by atoms with Crippen molar-refractivity contribution in [2.45, 2.75) is 63.7 Å². The average Bonchev–Trinajstić information content (AvgIpc) is 2.72. The molecule has 1 amide bonds. The minimum atomic E-state index is -1.31. The highest BCUT2D eigenvalue weighted by atomic mass is 16.5. The summed E-state index contributed by atoms with van der Waals surface area (Å²) in [5.41, 5.74) is 0.644. The fourth-order valence-electron chi connectivity index (χ4n) is 3.95. The van der Waals surface area contributed by atoms with Gasteiger partial charge in [-0.25, -0.2) is 4.79 Å². The van der Waals surface area contributed by atoms with Gasteiger partial charge in [0.2, 0.25) is 5.91 Å². The molecule has 2 aliphatic rings. The van der Waals surface area contributed by atoms with E-state index >= 15 is 0 Å². The van der Waals surface area contributed by atoms with Crippen molar-refractivity contribution in [2.24, 2.45) is 0 Å². The summed E-state index contributed by atoms with van der Waals surface area (Å²) < 4.78 is 11.3. The first-order chi connectivity index (χ1) is 14.8. The standard InChI is InChI=1S/C21H32BN3O6/c1-13(2)23-8-9-24-15-6-7-16(30-12-15)11-19(26)25-18-10-14-4-3-5-17(21(27)28)20(14)31-22(18)29/h3-5,13,15-16,18,23-24,29H,6-12H2,1-2H3,(H,25,26)(H,27,28)/t15?,16?,18-/m0/s1. The summed E-state index contributed by atoms with van der Waals surface area (Å²) in [6.07, 6.45) is 2.09. The molecule has 170 valence electrons. The Labute approximate surface area is 183 Å². The maximum Gasteiger partial charge on any atom is 0.547 e. The molecule has 1 saturated heterocycles. The Hall–Kier alpha value is -2.14. The normalized spacial score (nSPS) is 23.2. The lowest BCUT2D eigenvalue weighted by molar-refractivity contribution is -0.125. The van der Waals surface area contributed by atoms with Crippen molar-refractivity contribution in [1.29, 1.82) is 0 Å². The number of nitrogens with one attached hydrogen (secondary N) is 3. The topological polar surface area (TPSA) is 129 Å². The van der Waals surface area contributed by atoms with Crippen LogP contribution in [0.2, 0.25) is 0 Å². The van der Waals surface area contributed by atoms with Gasteiger partial charge in [-0.1, -0.05) is 26.0 Å². The van der Waals surface area contributed by atoms with Gasteiger partial charge in [-0.3, -0.25) is 4.79 Å². The molecule has 0 saturated carbocycles. The van der Waals surface area contributed by atoms with Crippen molar-refractivity contribution in [3.8, 4) is 5.75 Å². The third-order valence-electron chi connectivity index (χ3n) is 5.59. The number of benzene rings is 1. The minimum Gasteiger partial charge on any atom is -0.534 e. The Bertz CT molecular complexity index is 769. The molecule has 1 fully saturated rings. The van der Waals surface area contributed by atoms with Crippen LogP contribution in [0, 0.1) is 0 Å². The summed E-state index contributed by atoms with van der Waals surface area (Å²) >= 11 is 0. The lowest BCUT2D eigenvalue weighted by Gasteiger charge is -2.31. The predicted octanol–water partition coefficient (Wildman–Crippen LogP) is 0.350. The van der Waals surface area contributed by atoms with Gasteiger partial charge in [-0.05, 0) is 30.9 Å². The molecule has 2 heterocycles. The maximum absolute atomic E-state index is 12.5. The number of fused-ring (bicyclic) bond motifs is 1. The van der Waals surface area contributed by atoms with E-state index in [1.165, 1.54) is 6.07 Å². The van der Waals surface area contributed by atoms with Gasteiger partial charge in [-0.2, -0.15) is 0 Å². The summed E-state index contributed by atoms with van der Waals surface area (Å²) in [6, 6.07) is 5.55. The second kappa shape index (κ2) is 10.9. The van der Waals surface area contributed by atoms with E-state index in [0.29, 0.717) is 30.7 Å². The van der Waals surface area contributed by atoms with E-state index in [-0.39, 0.29) is 29.7 Å². The molecule has 0 bridgehead atoms. The third-order valence-corrected chi connectivity index (χ3v) is 5.59. The number of rotatable bonds is 9. The third kappa shape index (κ3) is 6.67. The Balaban J connectivity index is 1.42. The molecule has 1 aromatic rings. The number of hydrogen-bond acceptors (Lipinski definition) is 7. The molecular weight excluding hydrogens is 401 g/mol. The molecule has 0 radical (unpaired) electrons. The zero-order valence-electron chi connectivity index (χ0n) is 18.1. The number of amides is 1. The number of aromatic carboxylic acids is 1. The van der Waals surface area contributed by atoms with E-state index < -0.39 is 19.0 Å². The average molecular weight is 433 g/mol. The molecular formula is C21H32BN3O6. The number of ether oxygens (including phenoxy) is 1. The van der Waals surface area contributed by atoms with E-state index in [9.17, 15) is 19.7 Å². The molecule has 2 aliphatic heterocycles. The number of carboxylic acid groups (broad SMARTS) is 1. The number of hydrogen-bond donors (Lipinski definition) is 5. The summed E-state index contributed by atoms with van der Waals surface area (Å²) in [6.45, 7) is 6.58. The fraction of sp³-hybridized carbons (Fsp3) is 0.619. The molecule has 0 spiro atoms. The van der Waals surface area contributed by atoms with Crippen LogP contribution in [-0.4, -0.2) is 73.0 Å². The van der Waals surface area contributed by atoms with Gasteiger partial charge in [-0.15, -0.1) is 0 Å². The summed E-state index contributed by atoms with van der Waals surface area (Å²) in [7, 11) is -1.31. The van der Waals surface area contributed by atoms with E-state index in [4.69, 9.17) is 9.39 Å². The number of para-hydroxylation sites is 1. The van der Waals surface area contributed by atoms with Crippen LogP contribution in [-0.2, 0) is 16.0 Å². The van der Waals surface area contributed by atoms with E-state index in [1.807, 2.05) is 0 Å². The van der Waals surface area contributed by atoms with Crippen LogP contribution in [0.25, 0.3) is 0 Å². The zero-order valence-corrected chi connectivity index (χ0v) is 18.1. The SMILES string of the molecule is CC(C)NCCNC1CCC(CC(=O)N[C@H]2Cc3cccc(C(=O)O)c3OB2O)OC1. The van der Waals surface area contributed by atoms with Crippen LogP contribution in [0.1, 0.15) is 49.0 Å². The van der Waals surface area contributed by atoms with Gasteiger partial charge in [0.25, 0.3) is 0 Å². The van der Waals surface area contributed by atoms with Crippen molar-refractivity contribution in [2.75, 3.05) is 19.7 Å². The molecule has 3 atom stereocenters. The van der Waals surface area contributed by atoms with Crippen molar-refractivity contribution in [3.63, 3.8) is 0 Å².